The van der Waals surface area contributed by atoms with Crippen LogP contribution >= 0.6 is 0 Å². The van der Waals surface area contributed by atoms with Gasteiger partial charge >= 0.3 is 0 Å². The van der Waals surface area contributed by atoms with Crippen molar-refractivity contribution in [3.8, 4) is 0 Å². The largest absolute Gasteiger partial charge is 0.373 e. The van der Waals surface area contributed by atoms with Crippen molar-refractivity contribution in [1.29, 1.82) is 0 Å². The molecule has 0 saturated carbocycles. The molecule has 1 aromatic rings. The minimum atomic E-state index is 0.316. The molecule has 0 saturated heterocycles. The van der Waals surface area contributed by atoms with Crippen LogP contribution in [-0.2, 0) is 17.6 Å². The van der Waals surface area contributed by atoms with Gasteiger partial charge in [0.1, 0.15) is 0 Å². The lowest BCUT2D eigenvalue weighted by Gasteiger charge is -2.25. The van der Waals surface area contributed by atoms with Crippen molar-refractivity contribution in [2.24, 2.45) is 0 Å². The van der Waals surface area contributed by atoms with Crippen LogP contribution in [0.15, 0.2) is 48.2 Å². The molecule has 3 rings (SSSR count). The first kappa shape index (κ1) is 12.5. The molecule has 1 aliphatic carbocycles. The van der Waals surface area contributed by atoms with E-state index in [9.17, 15) is 5.21 Å². The Bertz CT molecular complexity index is 507. The van der Waals surface area contributed by atoms with Crippen molar-refractivity contribution in [3.05, 3.63) is 59.3 Å². The second kappa shape index (κ2) is 5.59. The first-order valence-electron chi connectivity index (χ1n) is 6.82. The first-order chi connectivity index (χ1) is 9.31. The van der Waals surface area contributed by atoms with Gasteiger partial charge in [-0.3, -0.25) is 10.3 Å². The number of hydroxylamine groups is 2. The summed E-state index contributed by atoms with van der Waals surface area (Å²) in [5, 5.41) is 10.4. The SMILES string of the molecule is ON1C=CC(COC2CCc3ccccc3C2)=CC1. The molecule has 1 heterocycles. The van der Waals surface area contributed by atoms with E-state index < -0.39 is 0 Å². The standard InChI is InChI=1S/C16H19NO2/c18-17-9-7-13(8-10-17)12-19-16-6-5-14-3-1-2-4-15(14)11-16/h1-4,7-9,16,18H,5-6,10-12H2. The van der Waals surface area contributed by atoms with E-state index in [4.69, 9.17) is 4.74 Å². The minimum Gasteiger partial charge on any atom is -0.373 e. The lowest BCUT2D eigenvalue weighted by Crippen LogP contribution is -2.24. The van der Waals surface area contributed by atoms with E-state index in [2.05, 4.69) is 24.3 Å². The van der Waals surface area contributed by atoms with Crippen molar-refractivity contribution in [2.45, 2.75) is 25.4 Å². The third-order valence-corrected chi connectivity index (χ3v) is 3.79. The summed E-state index contributed by atoms with van der Waals surface area (Å²) in [5.41, 5.74) is 4.03. The lowest BCUT2D eigenvalue weighted by atomic mass is 9.90. The van der Waals surface area contributed by atoms with Crippen LogP contribution < -0.4 is 0 Å². The smallest absolute Gasteiger partial charge is 0.0718 e. The zero-order chi connectivity index (χ0) is 13.1. The average molecular weight is 257 g/mol. The monoisotopic (exact) mass is 257 g/mol. The van der Waals surface area contributed by atoms with Crippen molar-refractivity contribution < 1.29 is 9.94 Å². The quantitative estimate of drug-likeness (QED) is 0.903. The molecule has 3 nitrogen and oxygen atoms in total. The zero-order valence-electron chi connectivity index (χ0n) is 11.0. The minimum absolute atomic E-state index is 0.316. The fourth-order valence-corrected chi connectivity index (χ4v) is 2.65. The van der Waals surface area contributed by atoms with Crippen LogP contribution in [0.2, 0.25) is 0 Å². The summed E-state index contributed by atoms with van der Waals surface area (Å²) in [5.74, 6) is 0. The Morgan fingerprint density at radius 2 is 2.11 bits per heavy atom. The van der Waals surface area contributed by atoms with Gasteiger partial charge in [-0.05, 0) is 42.0 Å². The second-order valence-corrected chi connectivity index (χ2v) is 5.16. The van der Waals surface area contributed by atoms with Gasteiger partial charge in [-0.25, -0.2) is 0 Å². The van der Waals surface area contributed by atoms with E-state index >= 15 is 0 Å². The number of aryl methyl sites for hydroxylation is 1. The fraction of sp³-hybridized carbons (Fsp3) is 0.375. The molecule has 0 fully saturated rings. The van der Waals surface area contributed by atoms with Crippen LogP contribution in [0, 0.1) is 0 Å². The topological polar surface area (TPSA) is 32.7 Å². The predicted molar refractivity (Wildman–Crippen MR) is 73.9 cm³/mol. The van der Waals surface area contributed by atoms with Gasteiger partial charge in [-0.15, -0.1) is 0 Å². The van der Waals surface area contributed by atoms with E-state index in [0.29, 0.717) is 19.3 Å². The number of hydrogen-bond donors (Lipinski definition) is 1. The molecule has 3 heteroatoms. The van der Waals surface area contributed by atoms with Gasteiger partial charge in [0.05, 0.1) is 19.3 Å². The van der Waals surface area contributed by atoms with Crippen molar-refractivity contribution in [3.63, 3.8) is 0 Å². The highest BCUT2D eigenvalue weighted by molar-refractivity contribution is 5.30. The molecule has 19 heavy (non-hydrogen) atoms. The average Bonchev–Trinajstić information content (AvgIpc) is 2.46. The summed E-state index contributed by atoms with van der Waals surface area (Å²) in [7, 11) is 0. The van der Waals surface area contributed by atoms with E-state index in [1.807, 2.05) is 12.2 Å². The molecule has 1 aliphatic heterocycles. The second-order valence-electron chi connectivity index (χ2n) is 5.16. The Labute approximate surface area is 113 Å². The van der Waals surface area contributed by atoms with E-state index in [0.717, 1.165) is 24.8 Å². The summed E-state index contributed by atoms with van der Waals surface area (Å²) in [6.45, 7) is 1.18. The Balaban J connectivity index is 1.54. The Morgan fingerprint density at radius 3 is 2.89 bits per heavy atom. The molecule has 0 amide bonds. The van der Waals surface area contributed by atoms with Gasteiger partial charge < -0.3 is 4.74 Å². The molecule has 2 aliphatic rings. The Kier molecular flexibility index (Phi) is 3.67. The lowest BCUT2D eigenvalue weighted by molar-refractivity contribution is -0.0313. The summed E-state index contributed by atoms with van der Waals surface area (Å²) < 4.78 is 5.99. The van der Waals surface area contributed by atoms with Crippen LogP contribution in [0.25, 0.3) is 0 Å². The third-order valence-electron chi connectivity index (χ3n) is 3.79. The summed E-state index contributed by atoms with van der Waals surface area (Å²) >= 11 is 0. The highest BCUT2D eigenvalue weighted by Crippen LogP contribution is 2.23. The highest BCUT2D eigenvalue weighted by atomic mass is 16.5. The molecule has 0 spiro atoms. The Morgan fingerprint density at radius 1 is 1.26 bits per heavy atom. The molecule has 1 aromatic carbocycles. The number of fused-ring (bicyclic) bond motifs is 1. The molecule has 0 radical (unpaired) electrons. The normalized spacial score (nSPS) is 22.1. The first-order valence-corrected chi connectivity index (χ1v) is 6.82. The summed E-state index contributed by atoms with van der Waals surface area (Å²) in [4.78, 5) is 0. The fourth-order valence-electron chi connectivity index (χ4n) is 2.65. The summed E-state index contributed by atoms with van der Waals surface area (Å²) in [6, 6.07) is 8.63. The van der Waals surface area contributed by atoms with Gasteiger partial charge in [0.15, 0.2) is 0 Å². The van der Waals surface area contributed by atoms with Gasteiger partial charge in [0.25, 0.3) is 0 Å². The maximum absolute atomic E-state index is 9.21. The van der Waals surface area contributed by atoms with Gasteiger partial charge in [0.2, 0.25) is 0 Å². The highest BCUT2D eigenvalue weighted by Gasteiger charge is 2.18. The van der Waals surface area contributed by atoms with Crippen LogP contribution in [0.3, 0.4) is 0 Å². The van der Waals surface area contributed by atoms with Crippen LogP contribution in [0.4, 0.5) is 0 Å². The number of nitrogens with zero attached hydrogens (tertiary/aromatic N) is 1. The van der Waals surface area contributed by atoms with E-state index in [1.54, 1.807) is 6.20 Å². The number of hydrogen-bond acceptors (Lipinski definition) is 3. The molecule has 1 unspecified atom stereocenters. The van der Waals surface area contributed by atoms with E-state index in [-0.39, 0.29) is 0 Å². The van der Waals surface area contributed by atoms with Gasteiger partial charge in [-0.1, -0.05) is 30.3 Å². The maximum Gasteiger partial charge on any atom is 0.0718 e. The number of benzene rings is 1. The maximum atomic E-state index is 9.21. The van der Waals surface area contributed by atoms with Crippen LogP contribution in [0.5, 0.6) is 0 Å². The molecule has 0 bridgehead atoms. The number of rotatable bonds is 3. The molecular weight excluding hydrogens is 238 g/mol. The molecule has 100 valence electrons. The van der Waals surface area contributed by atoms with Crippen LogP contribution in [0.1, 0.15) is 17.5 Å². The zero-order valence-corrected chi connectivity index (χ0v) is 11.0. The predicted octanol–water partition coefficient (Wildman–Crippen LogP) is 2.71. The van der Waals surface area contributed by atoms with Gasteiger partial charge in [0, 0.05) is 6.20 Å². The molecule has 1 N–H and O–H groups in total. The third kappa shape index (κ3) is 3.06. The van der Waals surface area contributed by atoms with Crippen LogP contribution in [-0.4, -0.2) is 29.5 Å². The molecule has 0 aromatic heterocycles. The van der Waals surface area contributed by atoms with Crippen molar-refractivity contribution >= 4 is 0 Å². The van der Waals surface area contributed by atoms with Crippen molar-refractivity contribution in [2.75, 3.05) is 13.2 Å². The van der Waals surface area contributed by atoms with Gasteiger partial charge in [-0.2, -0.15) is 0 Å². The summed E-state index contributed by atoms with van der Waals surface area (Å²) in [6.07, 6.45) is 9.11. The molecular formula is C16H19NO2. The molecule has 1 atom stereocenters. The number of ether oxygens (including phenoxy) is 1. The van der Waals surface area contributed by atoms with Crippen molar-refractivity contribution in [1.82, 2.24) is 5.06 Å². The Hall–Kier alpha value is -1.58. The van der Waals surface area contributed by atoms with E-state index in [1.165, 1.54) is 16.2 Å².